The van der Waals surface area contributed by atoms with Crippen molar-refractivity contribution in [2.75, 3.05) is 20.9 Å². The second kappa shape index (κ2) is 13.8. The Kier molecular flexibility index (Phi) is 11.1. The number of carbonyl (C=O) groups excluding carboxylic acids is 3. The van der Waals surface area contributed by atoms with Crippen LogP contribution >= 0.6 is 7.60 Å². The molecule has 35 heavy (non-hydrogen) atoms. The van der Waals surface area contributed by atoms with Crippen LogP contribution in [0.1, 0.15) is 49.6 Å². The SMILES string of the molecule is CCCCC[C@H](CC(=O)NO)C(=O)NCNC(=O)c1ccc(-c2cccc(P(=O)(OC)OC)c2)o1. The summed E-state index contributed by atoms with van der Waals surface area (Å²) in [5.74, 6) is -1.84. The normalized spacial score (nSPS) is 12.1. The molecule has 0 unspecified atom stereocenters. The molecule has 1 heterocycles. The van der Waals surface area contributed by atoms with Crippen LogP contribution in [0.3, 0.4) is 0 Å². The van der Waals surface area contributed by atoms with Gasteiger partial charge in [-0.15, -0.1) is 0 Å². The number of amides is 3. The van der Waals surface area contributed by atoms with Crippen LogP contribution in [0.4, 0.5) is 0 Å². The Morgan fingerprint density at radius 1 is 1.09 bits per heavy atom. The molecule has 0 aliphatic heterocycles. The predicted octanol–water partition coefficient (Wildman–Crippen LogP) is 2.95. The first kappa shape index (κ1) is 28.3. The first-order chi connectivity index (χ1) is 16.8. The predicted molar refractivity (Wildman–Crippen MR) is 128 cm³/mol. The molecule has 1 aromatic carbocycles. The number of benzene rings is 1. The van der Waals surface area contributed by atoms with Crippen molar-refractivity contribution in [1.82, 2.24) is 16.1 Å². The average Bonchev–Trinajstić information content (AvgIpc) is 3.38. The van der Waals surface area contributed by atoms with Crippen LogP contribution in [0.2, 0.25) is 0 Å². The molecule has 0 bridgehead atoms. The monoisotopic (exact) mass is 509 g/mol. The smallest absolute Gasteiger partial charge is 0.360 e. The summed E-state index contributed by atoms with van der Waals surface area (Å²) in [6.45, 7) is 1.86. The molecule has 1 aromatic heterocycles. The lowest BCUT2D eigenvalue weighted by molar-refractivity contribution is -0.135. The van der Waals surface area contributed by atoms with Gasteiger partial charge in [-0.05, 0) is 30.7 Å². The number of rotatable bonds is 14. The summed E-state index contributed by atoms with van der Waals surface area (Å²) in [6, 6.07) is 9.66. The lowest BCUT2D eigenvalue weighted by Crippen LogP contribution is -2.41. The van der Waals surface area contributed by atoms with E-state index in [1.54, 1.807) is 30.3 Å². The molecule has 1 atom stereocenters. The van der Waals surface area contributed by atoms with Crippen molar-refractivity contribution in [3.63, 3.8) is 0 Å². The number of nitrogens with one attached hydrogen (secondary N) is 3. The second-order valence-corrected chi connectivity index (χ2v) is 9.97. The molecule has 0 aliphatic rings. The van der Waals surface area contributed by atoms with E-state index >= 15 is 0 Å². The fourth-order valence-corrected chi connectivity index (χ4v) is 4.55. The van der Waals surface area contributed by atoms with Crippen LogP contribution in [0.25, 0.3) is 11.3 Å². The summed E-state index contributed by atoms with van der Waals surface area (Å²) in [6.07, 6.45) is 2.98. The highest BCUT2D eigenvalue weighted by Gasteiger charge is 2.25. The Balaban J connectivity index is 1.98. The Morgan fingerprint density at radius 2 is 1.83 bits per heavy atom. The third kappa shape index (κ3) is 8.03. The van der Waals surface area contributed by atoms with Crippen LogP contribution in [-0.4, -0.2) is 43.8 Å². The third-order valence-corrected chi connectivity index (χ3v) is 7.22. The van der Waals surface area contributed by atoms with E-state index in [4.69, 9.17) is 18.7 Å². The van der Waals surface area contributed by atoms with E-state index in [-0.39, 0.29) is 18.8 Å². The van der Waals surface area contributed by atoms with Gasteiger partial charge in [-0.25, -0.2) is 5.48 Å². The summed E-state index contributed by atoms with van der Waals surface area (Å²) >= 11 is 0. The summed E-state index contributed by atoms with van der Waals surface area (Å²) in [5, 5.41) is 14.2. The van der Waals surface area contributed by atoms with Crippen LogP contribution < -0.4 is 21.4 Å². The summed E-state index contributed by atoms with van der Waals surface area (Å²) < 4.78 is 28.3. The minimum atomic E-state index is -3.45. The highest BCUT2D eigenvalue weighted by atomic mass is 31.2. The second-order valence-electron chi connectivity index (χ2n) is 7.73. The zero-order chi connectivity index (χ0) is 25.8. The molecule has 0 aliphatic carbocycles. The number of unbranched alkanes of at least 4 members (excludes halogenated alkanes) is 2. The number of furan rings is 1. The van der Waals surface area contributed by atoms with Gasteiger partial charge in [-0.3, -0.25) is 24.2 Å². The molecule has 0 spiro atoms. The van der Waals surface area contributed by atoms with Gasteiger partial charge in [0.15, 0.2) is 5.76 Å². The number of hydrogen-bond acceptors (Lipinski definition) is 8. The van der Waals surface area contributed by atoms with Crippen molar-refractivity contribution >= 4 is 30.6 Å². The van der Waals surface area contributed by atoms with Gasteiger partial charge in [0, 0.05) is 32.1 Å². The van der Waals surface area contributed by atoms with Gasteiger partial charge in [0.2, 0.25) is 11.8 Å². The van der Waals surface area contributed by atoms with E-state index in [1.165, 1.54) is 25.8 Å². The van der Waals surface area contributed by atoms with Gasteiger partial charge in [0.05, 0.1) is 12.0 Å². The van der Waals surface area contributed by atoms with Gasteiger partial charge < -0.3 is 24.1 Å². The minimum Gasteiger partial charge on any atom is -0.451 e. The zero-order valence-corrected chi connectivity index (χ0v) is 20.9. The maximum absolute atomic E-state index is 12.6. The molecule has 0 fully saturated rings. The van der Waals surface area contributed by atoms with Crippen molar-refractivity contribution in [1.29, 1.82) is 0 Å². The van der Waals surface area contributed by atoms with Crippen molar-refractivity contribution < 1.29 is 37.6 Å². The Morgan fingerprint density at radius 3 is 2.49 bits per heavy atom. The molecule has 3 amide bonds. The number of hydrogen-bond donors (Lipinski definition) is 4. The molecule has 0 radical (unpaired) electrons. The molecule has 12 heteroatoms. The number of carbonyl (C=O) groups is 3. The molecule has 4 N–H and O–H groups in total. The van der Waals surface area contributed by atoms with Crippen LogP contribution in [-0.2, 0) is 23.2 Å². The molecule has 2 rings (SSSR count). The van der Waals surface area contributed by atoms with E-state index in [0.717, 1.165) is 19.3 Å². The number of hydroxylamine groups is 1. The van der Waals surface area contributed by atoms with Gasteiger partial charge in [0.25, 0.3) is 5.91 Å². The fraction of sp³-hybridized carbons (Fsp3) is 0.435. The summed E-state index contributed by atoms with van der Waals surface area (Å²) in [4.78, 5) is 36.4. The van der Waals surface area contributed by atoms with E-state index in [1.807, 2.05) is 6.92 Å². The standard InChI is InChI=1S/C23H32N3O8P/c1-4-5-6-8-17(14-21(27)26-30)22(28)24-15-25-23(29)20-12-11-19(34-20)16-9-7-10-18(13-16)35(31,32-2)33-3/h7,9-13,17,30H,4-6,8,14-15H2,1-3H3,(H,24,28)(H,25,29)(H,26,27)/t17-/m1/s1. The molecule has 11 nitrogen and oxygen atoms in total. The summed E-state index contributed by atoms with van der Waals surface area (Å²) in [7, 11) is -0.863. The first-order valence-corrected chi connectivity index (χ1v) is 12.7. The van der Waals surface area contributed by atoms with Crippen molar-refractivity contribution in [2.24, 2.45) is 5.92 Å². The topological polar surface area (TPSA) is 156 Å². The fourth-order valence-electron chi connectivity index (χ4n) is 3.41. The van der Waals surface area contributed by atoms with Crippen molar-refractivity contribution in [3.8, 4) is 11.3 Å². The van der Waals surface area contributed by atoms with Crippen molar-refractivity contribution in [2.45, 2.75) is 39.0 Å². The molecule has 192 valence electrons. The Labute approximate surface area is 204 Å². The minimum absolute atomic E-state index is 0.0143. The maximum atomic E-state index is 12.6. The molecular weight excluding hydrogens is 477 g/mol. The largest absolute Gasteiger partial charge is 0.451 e. The quantitative estimate of drug-likeness (QED) is 0.0996. The van der Waals surface area contributed by atoms with Crippen LogP contribution in [0, 0.1) is 5.92 Å². The van der Waals surface area contributed by atoms with E-state index in [2.05, 4.69) is 10.6 Å². The highest BCUT2D eigenvalue weighted by Crippen LogP contribution is 2.45. The van der Waals surface area contributed by atoms with Gasteiger partial charge in [-0.1, -0.05) is 38.3 Å². The summed E-state index contributed by atoms with van der Waals surface area (Å²) in [5.41, 5.74) is 2.11. The molecule has 0 saturated heterocycles. The molecular formula is C23H32N3O8P. The average molecular weight is 509 g/mol. The highest BCUT2D eigenvalue weighted by molar-refractivity contribution is 7.62. The first-order valence-electron chi connectivity index (χ1n) is 11.2. The Hall–Kier alpha value is -2.98. The molecule has 0 saturated carbocycles. The maximum Gasteiger partial charge on any atom is 0.360 e. The lowest BCUT2D eigenvalue weighted by atomic mass is 9.96. The van der Waals surface area contributed by atoms with Crippen LogP contribution in [0.15, 0.2) is 40.8 Å². The third-order valence-electron chi connectivity index (χ3n) is 5.35. The van der Waals surface area contributed by atoms with E-state index in [0.29, 0.717) is 23.0 Å². The van der Waals surface area contributed by atoms with Crippen LogP contribution in [0.5, 0.6) is 0 Å². The van der Waals surface area contributed by atoms with E-state index in [9.17, 15) is 18.9 Å². The molecule has 2 aromatic rings. The Bertz CT molecular complexity index is 1050. The zero-order valence-electron chi connectivity index (χ0n) is 20.0. The van der Waals surface area contributed by atoms with Gasteiger partial charge in [0.1, 0.15) is 5.76 Å². The van der Waals surface area contributed by atoms with Crippen molar-refractivity contribution in [3.05, 3.63) is 42.2 Å². The van der Waals surface area contributed by atoms with Gasteiger partial charge >= 0.3 is 7.60 Å². The lowest BCUT2D eigenvalue weighted by Gasteiger charge is -2.16. The van der Waals surface area contributed by atoms with Gasteiger partial charge in [-0.2, -0.15) is 0 Å². The van der Waals surface area contributed by atoms with E-state index < -0.39 is 31.2 Å².